The van der Waals surface area contributed by atoms with E-state index in [-0.39, 0.29) is 10.6 Å². The summed E-state index contributed by atoms with van der Waals surface area (Å²) in [6, 6.07) is 12.3. The van der Waals surface area contributed by atoms with E-state index < -0.39 is 14.8 Å². The Hall–Kier alpha value is -1.74. The van der Waals surface area contributed by atoms with Crippen molar-refractivity contribution in [3.8, 4) is 0 Å². The Morgan fingerprint density at radius 3 is 2.14 bits per heavy atom. The molecule has 0 aliphatic rings. The highest BCUT2D eigenvalue weighted by Gasteiger charge is 2.13. The van der Waals surface area contributed by atoms with Crippen molar-refractivity contribution in [2.45, 2.75) is 11.8 Å². The summed E-state index contributed by atoms with van der Waals surface area (Å²) >= 11 is 1.91. The molecule has 0 saturated heterocycles. The number of benzene rings is 2. The summed E-state index contributed by atoms with van der Waals surface area (Å²) < 4.78 is 25.1. The zero-order valence-corrected chi connectivity index (χ0v) is 14.5. The van der Waals surface area contributed by atoms with Crippen LogP contribution in [0, 0.1) is 17.0 Å². The number of sulfone groups is 1. The highest BCUT2D eigenvalue weighted by molar-refractivity contribution is 14.1. The summed E-state index contributed by atoms with van der Waals surface area (Å²) in [5.74, 6) is 0. The van der Waals surface area contributed by atoms with Crippen molar-refractivity contribution in [3.05, 3.63) is 75.2 Å². The average Bonchev–Trinajstić information content (AvgIpc) is 2.47. The molecule has 22 heavy (non-hydrogen) atoms. The van der Waals surface area contributed by atoms with Gasteiger partial charge in [0.15, 0.2) is 0 Å². The van der Waals surface area contributed by atoms with E-state index in [9.17, 15) is 18.5 Å². The van der Waals surface area contributed by atoms with Crippen LogP contribution in [-0.4, -0.2) is 13.3 Å². The lowest BCUT2D eigenvalue weighted by atomic mass is 10.2. The zero-order chi connectivity index (χ0) is 16.3. The average molecular weight is 429 g/mol. The molecule has 2 aromatic carbocycles. The molecule has 7 heteroatoms. The van der Waals surface area contributed by atoms with E-state index >= 15 is 0 Å². The van der Waals surface area contributed by atoms with E-state index in [4.69, 9.17) is 0 Å². The minimum atomic E-state index is -3.55. The maximum Gasteiger partial charge on any atom is 0.269 e. The molecule has 0 amide bonds. The number of aryl methyl sites for hydroxylation is 1. The Morgan fingerprint density at radius 1 is 1.09 bits per heavy atom. The van der Waals surface area contributed by atoms with Crippen LogP contribution in [0.2, 0.25) is 0 Å². The van der Waals surface area contributed by atoms with Gasteiger partial charge in [-0.05, 0) is 59.3 Å². The van der Waals surface area contributed by atoms with Crippen molar-refractivity contribution >= 4 is 41.7 Å². The molecular weight excluding hydrogens is 417 g/mol. The first kappa shape index (κ1) is 16.6. The minimum absolute atomic E-state index is 0.0330. The second-order valence-corrected chi connectivity index (χ2v) is 7.59. The fourth-order valence-electron chi connectivity index (χ4n) is 1.74. The number of hydrogen-bond donors (Lipinski definition) is 0. The highest BCUT2D eigenvalue weighted by atomic mass is 127. The van der Waals surface area contributed by atoms with Gasteiger partial charge >= 0.3 is 0 Å². The second-order valence-electron chi connectivity index (χ2n) is 4.63. The summed E-state index contributed by atoms with van der Waals surface area (Å²) in [6.45, 7) is 1.88. The van der Waals surface area contributed by atoms with Crippen molar-refractivity contribution in [1.29, 1.82) is 0 Å². The number of halogens is 1. The predicted molar refractivity (Wildman–Crippen MR) is 93.5 cm³/mol. The molecule has 0 aliphatic carbocycles. The molecule has 0 atom stereocenters. The van der Waals surface area contributed by atoms with Gasteiger partial charge in [-0.1, -0.05) is 17.7 Å². The fraction of sp³-hybridized carbons (Fsp3) is 0.0667. The molecule has 2 aromatic rings. The van der Waals surface area contributed by atoms with Gasteiger partial charge in [0.1, 0.15) is 0 Å². The molecule has 0 unspecified atom stereocenters. The summed E-state index contributed by atoms with van der Waals surface area (Å²) in [5, 5.41) is 11.8. The molecule has 0 radical (unpaired) electrons. The zero-order valence-electron chi connectivity index (χ0n) is 11.6. The molecule has 5 nitrogen and oxygen atoms in total. The largest absolute Gasteiger partial charge is 0.269 e. The SMILES string of the molecule is Cc1ccc(S(=O)(=O)C=C(I)c2ccc([N+](=O)[O-])cc2)cc1. The normalized spacial score (nSPS) is 12.2. The first-order valence-corrected chi connectivity index (χ1v) is 8.86. The monoisotopic (exact) mass is 429 g/mol. The van der Waals surface area contributed by atoms with Crippen LogP contribution in [0.4, 0.5) is 5.69 Å². The first-order valence-electron chi connectivity index (χ1n) is 6.23. The highest BCUT2D eigenvalue weighted by Crippen LogP contribution is 2.27. The van der Waals surface area contributed by atoms with Gasteiger partial charge in [0.2, 0.25) is 9.84 Å². The van der Waals surface area contributed by atoms with E-state index in [1.165, 1.54) is 29.7 Å². The van der Waals surface area contributed by atoms with E-state index in [1.807, 2.05) is 29.5 Å². The number of rotatable bonds is 4. The molecule has 0 heterocycles. The van der Waals surface area contributed by atoms with Crippen molar-refractivity contribution < 1.29 is 13.3 Å². The Bertz CT molecular complexity index is 825. The molecule has 0 N–H and O–H groups in total. The van der Waals surface area contributed by atoms with Crippen LogP contribution in [0.5, 0.6) is 0 Å². The van der Waals surface area contributed by atoms with Gasteiger partial charge in [0.25, 0.3) is 5.69 Å². The second kappa shape index (κ2) is 6.57. The van der Waals surface area contributed by atoms with Crippen LogP contribution in [0.3, 0.4) is 0 Å². The lowest BCUT2D eigenvalue weighted by molar-refractivity contribution is -0.384. The van der Waals surface area contributed by atoms with Crippen LogP contribution in [-0.2, 0) is 9.84 Å². The van der Waals surface area contributed by atoms with E-state index in [0.29, 0.717) is 9.14 Å². The first-order chi connectivity index (χ1) is 10.3. The fourth-order valence-corrected chi connectivity index (χ4v) is 4.17. The van der Waals surface area contributed by atoms with Crippen LogP contribution in [0.25, 0.3) is 3.58 Å². The molecule has 0 spiro atoms. The number of nitrogens with zero attached hydrogens (tertiary/aromatic N) is 1. The Morgan fingerprint density at radius 2 is 1.64 bits per heavy atom. The van der Waals surface area contributed by atoms with Gasteiger partial charge < -0.3 is 0 Å². The number of non-ortho nitro benzene ring substituents is 1. The van der Waals surface area contributed by atoms with Crippen LogP contribution in [0.1, 0.15) is 11.1 Å². The van der Waals surface area contributed by atoms with E-state index in [1.54, 1.807) is 24.3 Å². The van der Waals surface area contributed by atoms with Crippen LogP contribution in [0.15, 0.2) is 58.8 Å². The smallest absolute Gasteiger partial charge is 0.258 e. The quantitative estimate of drug-likeness (QED) is 0.417. The van der Waals surface area contributed by atoms with Crippen molar-refractivity contribution in [2.24, 2.45) is 0 Å². The Balaban J connectivity index is 2.34. The molecular formula is C15H12INO4S. The van der Waals surface area contributed by atoms with Gasteiger partial charge in [-0.25, -0.2) is 8.42 Å². The molecule has 0 aliphatic heterocycles. The third-order valence-corrected chi connectivity index (χ3v) is 5.79. The van der Waals surface area contributed by atoms with Gasteiger partial charge in [-0.3, -0.25) is 10.1 Å². The Kier molecular flexibility index (Phi) is 4.97. The third kappa shape index (κ3) is 3.92. The van der Waals surface area contributed by atoms with Gasteiger partial charge in [-0.2, -0.15) is 0 Å². The minimum Gasteiger partial charge on any atom is -0.258 e. The lowest BCUT2D eigenvalue weighted by Crippen LogP contribution is -1.97. The molecule has 0 bridgehead atoms. The number of hydrogen-bond acceptors (Lipinski definition) is 4. The van der Waals surface area contributed by atoms with Crippen molar-refractivity contribution in [1.82, 2.24) is 0 Å². The topological polar surface area (TPSA) is 77.3 Å². The van der Waals surface area contributed by atoms with Crippen molar-refractivity contribution in [2.75, 3.05) is 0 Å². The summed E-state index contributed by atoms with van der Waals surface area (Å²) in [7, 11) is -3.55. The lowest BCUT2D eigenvalue weighted by Gasteiger charge is -2.03. The van der Waals surface area contributed by atoms with Gasteiger partial charge in [0.05, 0.1) is 9.82 Å². The van der Waals surface area contributed by atoms with E-state index in [2.05, 4.69) is 0 Å². The third-order valence-electron chi connectivity index (χ3n) is 2.96. The molecule has 0 fully saturated rings. The Labute approximate surface area is 141 Å². The van der Waals surface area contributed by atoms with Gasteiger partial charge in [-0.15, -0.1) is 0 Å². The predicted octanol–water partition coefficient (Wildman–Crippen LogP) is 4.11. The maximum absolute atomic E-state index is 12.3. The summed E-state index contributed by atoms with van der Waals surface area (Å²) in [5.41, 5.74) is 1.56. The van der Waals surface area contributed by atoms with Crippen LogP contribution < -0.4 is 0 Å². The summed E-state index contributed by atoms with van der Waals surface area (Å²) in [6.07, 6.45) is 0. The van der Waals surface area contributed by atoms with Crippen LogP contribution >= 0.6 is 22.6 Å². The summed E-state index contributed by atoms with van der Waals surface area (Å²) in [4.78, 5) is 10.3. The number of nitro benzene ring substituents is 1. The van der Waals surface area contributed by atoms with Gasteiger partial charge in [0, 0.05) is 21.1 Å². The van der Waals surface area contributed by atoms with Crippen molar-refractivity contribution in [3.63, 3.8) is 0 Å². The molecule has 0 aromatic heterocycles. The molecule has 114 valence electrons. The number of nitro groups is 1. The molecule has 0 saturated carbocycles. The standard InChI is InChI=1S/C15H12INO4S/c1-11-2-8-14(9-3-11)22(20,21)10-15(16)12-4-6-13(7-5-12)17(18)19/h2-10H,1H3. The van der Waals surface area contributed by atoms with E-state index in [0.717, 1.165) is 5.56 Å². The maximum atomic E-state index is 12.3. The molecule has 2 rings (SSSR count).